The number of sulfonamides is 1. The molecule has 35 heavy (non-hydrogen) atoms. The third kappa shape index (κ3) is 5.24. The van der Waals surface area contributed by atoms with Gasteiger partial charge in [0.15, 0.2) is 0 Å². The standard InChI is InChI=1S/C26H28FN3O4S/c1-17-5-4-6-22(13-17)30-12-11-29(16-19(30)3)24-10-9-21(15-23(24)26(31)32)28-35(33,34)25-14-20(27)8-7-18(25)2/h4-10,13-15,19,28H,11-12,16H2,1-3H3,(H,31,32)/t19-/m0/s1. The van der Waals surface area contributed by atoms with Crippen LogP contribution >= 0.6 is 0 Å². The molecule has 3 aromatic rings. The number of hydrogen-bond acceptors (Lipinski definition) is 5. The van der Waals surface area contributed by atoms with E-state index in [4.69, 9.17) is 0 Å². The zero-order valence-corrected chi connectivity index (χ0v) is 20.6. The fraction of sp³-hybridized carbons (Fsp3) is 0.269. The predicted octanol–water partition coefficient (Wildman–Crippen LogP) is 4.66. The molecule has 4 rings (SSSR count). The number of piperazine rings is 1. The number of anilines is 3. The second-order valence-electron chi connectivity index (χ2n) is 8.88. The summed E-state index contributed by atoms with van der Waals surface area (Å²) in [7, 11) is -4.10. The van der Waals surface area contributed by atoms with Crippen LogP contribution in [0.2, 0.25) is 0 Å². The van der Waals surface area contributed by atoms with Crippen molar-refractivity contribution in [2.75, 3.05) is 34.2 Å². The number of rotatable bonds is 6. The van der Waals surface area contributed by atoms with Crippen molar-refractivity contribution in [2.24, 2.45) is 0 Å². The molecule has 2 N–H and O–H groups in total. The van der Waals surface area contributed by atoms with Crippen LogP contribution in [-0.2, 0) is 10.0 Å². The Morgan fingerprint density at radius 3 is 2.51 bits per heavy atom. The number of carboxylic acid groups (broad SMARTS) is 1. The van der Waals surface area contributed by atoms with Gasteiger partial charge < -0.3 is 14.9 Å². The number of carbonyl (C=O) groups is 1. The molecule has 0 aliphatic carbocycles. The summed E-state index contributed by atoms with van der Waals surface area (Å²) >= 11 is 0. The first-order valence-electron chi connectivity index (χ1n) is 11.3. The molecule has 9 heteroatoms. The molecule has 3 aromatic carbocycles. The predicted molar refractivity (Wildman–Crippen MR) is 136 cm³/mol. The van der Waals surface area contributed by atoms with Gasteiger partial charge in [-0.05, 0) is 74.4 Å². The van der Waals surface area contributed by atoms with E-state index in [1.165, 1.54) is 29.8 Å². The van der Waals surface area contributed by atoms with Crippen LogP contribution in [0.25, 0.3) is 0 Å². The Labute approximate surface area is 204 Å². The molecule has 0 amide bonds. The van der Waals surface area contributed by atoms with E-state index >= 15 is 0 Å². The average molecular weight is 498 g/mol. The van der Waals surface area contributed by atoms with Gasteiger partial charge in [-0.3, -0.25) is 4.72 Å². The first kappa shape index (κ1) is 24.5. The monoisotopic (exact) mass is 497 g/mol. The Balaban J connectivity index is 1.58. The molecule has 7 nitrogen and oxygen atoms in total. The number of benzene rings is 3. The van der Waals surface area contributed by atoms with Crippen molar-refractivity contribution in [3.05, 3.63) is 83.2 Å². The maximum absolute atomic E-state index is 13.7. The average Bonchev–Trinajstić information content (AvgIpc) is 2.80. The highest BCUT2D eigenvalue weighted by atomic mass is 32.2. The van der Waals surface area contributed by atoms with Crippen molar-refractivity contribution in [3.8, 4) is 0 Å². The molecule has 0 spiro atoms. The van der Waals surface area contributed by atoms with Crippen molar-refractivity contribution in [2.45, 2.75) is 31.7 Å². The van der Waals surface area contributed by atoms with E-state index in [2.05, 4.69) is 41.7 Å². The molecule has 0 bridgehead atoms. The van der Waals surface area contributed by atoms with Crippen LogP contribution in [0.4, 0.5) is 21.5 Å². The van der Waals surface area contributed by atoms with Crippen LogP contribution in [0.15, 0.2) is 65.6 Å². The number of carboxylic acids is 1. The minimum absolute atomic E-state index is 0.00244. The number of halogens is 1. The summed E-state index contributed by atoms with van der Waals surface area (Å²) in [6.07, 6.45) is 0. The molecular formula is C26H28FN3O4S. The number of nitrogens with one attached hydrogen (secondary N) is 1. The van der Waals surface area contributed by atoms with Crippen molar-refractivity contribution < 1.29 is 22.7 Å². The molecule has 1 heterocycles. The third-order valence-electron chi connectivity index (χ3n) is 6.22. The zero-order chi connectivity index (χ0) is 25.3. The molecule has 0 aromatic heterocycles. The molecule has 1 aliphatic rings. The third-order valence-corrected chi connectivity index (χ3v) is 7.74. The van der Waals surface area contributed by atoms with Gasteiger partial charge in [0, 0.05) is 37.1 Å². The molecule has 1 fully saturated rings. The number of aromatic carboxylic acids is 1. The summed E-state index contributed by atoms with van der Waals surface area (Å²) in [6.45, 7) is 7.66. The highest BCUT2D eigenvalue weighted by Gasteiger charge is 2.27. The zero-order valence-electron chi connectivity index (χ0n) is 19.8. The SMILES string of the molecule is Cc1cccc(N2CCN(c3ccc(NS(=O)(=O)c4cc(F)ccc4C)cc3C(=O)O)C[C@@H]2C)c1. The Morgan fingerprint density at radius 1 is 1.06 bits per heavy atom. The Morgan fingerprint density at radius 2 is 1.83 bits per heavy atom. The van der Waals surface area contributed by atoms with E-state index in [-0.39, 0.29) is 22.2 Å². The van der Waals surface area contributed by atoms with E-state index in [1.54, 1.807) is 13.0 Å². The topological polar surface area (TPSA) is 90.0 Å². The van der Waals surface area contributed by atoms with E-state index in [0.29, 0.717) is 24.3 Å². The fourth-order valence-corrected chi connectivity index (χ4v) is 5.79. The Bertz CT molecular complexity index is 1380. The van der Waals surface area contributed by atoms with Gasteiger partial charge in [-0.15, -0.1) is 0 Å². The lowest BCUT2D eigenvalue weighted by Crippen LogP contribution is -2.52. The van der Waals surface area contributed by atoms with Gasteiger partial charge in [0.2, 0.25) is 0 Å². The molecule has 0 radical (unpaired) electrons. The molecule has 0 unspecified atom stereocenters. The maximum atomic E-state index is 13.7. The van der Waals surface area contributed by atoms with Gasteiger partial charge in [0.05, 0.1) is 16.1 Å². The van der Waals surface area contributed by atoms with Crippen LogP contribution in [0.1, 0.15) is 28.4 Å². The van der Waals surface area contributed by atoms with Crippen LogP contribution in [-0.4, -0.2) is 45.2 Å². The van der Waals surface area contributed by atoms with Crippen LogP contribution in [0.5, 0.6) is 0 Å². The van der Waals surface area contributed by atoms with Crippen molar-refractivity contribution >= 4 is 33.1 Å². The minimum Gasteiger partial charge on any atom is -0.478 e. The summed E-state index contributed by atoms with van der Waals surface area (Å²) < 4.78 is 41.7. The normalized spacial score (nSPS) is 16.3. The largest absolute Gasteiger partial charge is 0.478 e. The van der Waals surface area contributed by atoms with Gasteiger partial charge >= 0.3 is 5.97 Å². The van der Waals surface area contributed by atoms with Crippen molar-refractivity contribution in [3.63, 3.8) is 0 Å². The van der Waals surface area contributed by atoms with E-state index in [0.717, 1.165) is 18.3 Å². The Hall–Kier alpha value is -3.59. The van der Waals surface area contributed by atoms with Crippen LogP contribution < -0.4 is 14.5 Å². The smallest absolute Gasteiger partial charge is 0.337 e. The van der Waals surface area contributed by atoms with Gasteiger partial charge in [-0.1, -0.05) is 18.2 Å². The second-order valence-corrected chi connectivity index (χ2v) is 10.5. The first-order valence-corrected chi connectivity index (χ1v) is 12.8. The summed E-state index contributed by atoms with van der Waals surface area (Å²) in [6, 6.07) is 16.4. The summed E-state index contributed by atoms with van der Waals surface area (Å²) in [4.78, 5) is 16.2. The van der Waals surface area contributed by atoms with Gasteiger partial charge in [0.25, 0.3) is 10.0 Å². The minimum atomic E-state index is -4.10. The van der Waals surface area contributed by atoms with Gasteiger partial charge in [-0.25, -0.2) is 17.6 Å². The number of nitrogens with zero attached hydrogens (tertiary/aromatic N) is 2. The fourth-order valence-electron chi connectivity index (χ4n) is 4.49. The summed E-state index contributed by atoms with van der Waals surface area (Å²) in [5.41, 5.74) is 3.32. The lowest BCUT2D eigenvalue weighted by atomic mass is 10.1. The molecule has 1 saturated heterocycles. The highest BCUT2D eigenvalue weighted by molar-refractivity contribution is 7.92. The first-order chi connectivity index (χ1) is 16.5. The highest BCUT2D eigenvalue weighted by Crippen LogP contribution is 2.30. The lowest BCUT2D eigenvalue weighted by molar-refractivity contribution is 0.0697. The second kappa shape index (κ2) is 9.58. The summed E-state index contributed by atoms with van der Waals surface area (Å²) in [5, 5.41) is 9.88. The molecule has 1 atom stereocenters. The maximum Gasteiger partial charge on any atom is 0.337 e. The van der Waals surface area contributed by atoms with Crippen LogP contribution in [0.3, 0.4) is 0 Å². The van der Waals surface area contributed by atoms with E-state index < -0.39 is 21.8 Å². The van der Waals surface area contributed by atoms with E-state index in [9.17, 15) is 22.7 Å². The number of hydrogen-bond donors (Lipinski definition) is 2. The van der Waals surface area contributed by atoms with Crippen molar-refractivity contribution in [1.29, 1.82) is 0 Å². The van der Waals surface area contributed by atoms with Gasteiger partial charge in [-0.2, -0.15) is 0 Å². The molecule has 184 valence electrons. The molecular weight excluding hydrogens is 469 g/mol. The number of aryl methyl sites for hydroxylation is 2. The van der Waals surface area contributed by atoms with E-state index in [1.807, 2.05) is 11.0 Å². The van der Waals surface area contributed by atoms with Gasteiger partial charge in [0.1, 0.15) is 5.82 Å². The van der Waals surface area contributed by atoms with Crippen LogP contribution in [0, 0.1) is 19.7 Å². The quantitative estimate of drug-likeness (QED) is 0.515. The van der Waals surface area contributed by atoms with Crippen molar-refractivity contribution in [1.82, 2.24) is 0 Å². The Kier molecular flexibility index (Phi) is 6.71. The molecule has 1 aliphatic heterocycles. The summed E-state index contributed by atoms with van der Waals surface area (Å²) in [5.74, 6) is -1.83. The molecule has 0 saturated carbocycles. The lowest BCUT2D eigenvalue weighted by Gasteiger charge is -2.42.